The molecule has 1 aliphatic heterocycles. The molecule has 0 saturated carbocycles. The van der Waals surface area contributed by atoms with Crippen LogP contribution in [0.2, 0.25) is 0 Å². The van der Waals surface area contributed by atoms with Crippen molar-refractivity contribution in [1.29, 1.82) is 0 Å². The van der Waals surface area contributed by atoms with Gasteiger partial charge < -0.3 is 5.32 Å². The predicted molar refractivity (Wildman–Crippen MR) is 48.8 cm³/mol. The zero-order chi connectivity index (χ0) is 8.32. The second-order valence-electron chi connectivity index (χ2n) is 3.18. The fourth-order valence-corrected chi connectivity index (χ4v) is 2.30. The lowest BCUT2D eigenvalue weighted by molar-refractivity contribution is -0.121. The molecule has 1 unspecified atom stereocenters. The van der Waals surface area contributed by atoms with Gasteiger partial charge in [-0.15, -0.1) is 0 Å². The van der Waals surface area contributed by atoms with Crippen LogP contribution in [0.4, 0.5) is 0 Å². The Labute approximate surface area is 72.1 Å². The first kappa shape index (κ1) is 8.91. The molecular formula is C8H15NOS. The summed E-state index contributed by atoms with van der Waals surface area (Å²) < 4.78 is 0.181. The van der Waals surface area contributed by atoms with Crippen LogP contribution in [0.15, 0.2) is 0 Å². The summed E-state index contributed by atoms with van der Waals surface area (Å²) in [5, 5.41) is 2.87. The van der Waals surface area contributed by atoms with Crippen LogP contribution in [0.25, 0.3) is 0 Å². The third kappa shape index (κ3) is 2.40. The summed E-state index contributed by atoms with van der Waals surface area (Å²) in [6, 6.07) is 0. The number of hydrogen-bond donors (Lipinski definition) is 1. The minimum Gasteiger partial charge on any atom is -0.355 e. The molecule has 1 atom stereocenters. The first-order valence-corrected chi connectivity index (χ1v) is 5.05. The summed E-state index contributed by atoms with van der Waals surface area (Å²) in [5.41, 5.74) is 0. The van der Waals surface area contributed by atoms with Gasteiger partial charge in [0.25, 0.3) is 0 Å². The van der Waals surface area contributed by atoms with Crippen molar-refractivity contribution in [3.63, 3.8) is 0 Å². The third-order valence-corrected chi connectivity index (χ3v) is 3.70. The molecule has 64 valence electrons. The average Bonchev–Trinajstić information content (AvgIpc) is 2.13. The molecule has 1 fully saturated rings. The number of amides is 1. The highest BCUT2D eigenvalue weighted by Crippen LogP contribution is 2.32. The monoisotopic (exact) mass is 173 g/mol. The number of carbonyl (C=O) groups is 1. The van der Waals surface area contributed by atoms with E-state index in [-0.39, 0.29) is 10.7 Å². The van der Waals surface area contributed by atoms with E-state index in [4.69, 9.17) is 0 Å². The Morgan fingerprint density at radius 3 is 3.09 bits per heavy atom. The topological polar surface area (TPSA) is 29.1 Å². The molecule has 0 aromatic carbocycles. The maximum Gasteiger partial charge on any atom is 0.221 e. The lowest BCUT2D eigenvalue weighted by atomic mass is 10.0. The number of thioether (sulfide) groups is 1. The number of nitrogens with one attached hydrogen (secondary N) is 1. The van der Waals surface area contributed by atoms with E-state index in [1.165, 1.54) is 0 Å². The molecule has 1 N–H and O–H groups in total. The third-order valence-electron chi connectivity index (χ3n) is 2.16. The van der Waals surface area contributed by atoms with Gasteiger partial charge in [0.15, 0.2) is 0 Å². The first-order valence-electron chi connectivity index (χ1n) is 4.07. The first-order chi connectivity index (χ1) is 5.16. The van der Waals surface area contributed by atoms with E-state index in [9.17, 15) is 4.79 Å². The predicted octanol–water partition coefficient (Wildman–Crippen LogP) is 1.41. The number of rotatable bonds is 1. The molecule has 1 rings (SSSR count). The van der Waals surface area contributed by atoms with Crippen molar-refractivity contribution in [1.82, 2.24) is 5.32 Å². The highest BCUT2D eigenvalue weighted by molar-refractivity contribution is 8.00. The summed E-state index contributed by atoms with van der Waals surface area (Å²) in [4.78, 5) is 11.1. The molecule has 0 aromatic rings. The van der Waals surface area contributed by atoms with Crippen molar-refractivity contribution < 1.29 is 4.79 Å². The van der Waals surface area contributed by atoms with Crippen molar-refractivity contribution in [2.45, 2.75) is 31.4 Å². The van der Waals surface area contributed by atoms with Crippen LogP contribution in [0, 0.1) is 0 Å². The molecule has 0 radical (unpaired) electrons. The van der Waals surface area contributed by atoms with Crippen LogP contribution in [-0.2, 0) is 4.79 Å². The molecule has 1 heterocycles. The molecule has 0 bridgehead atoms. The van der Waals surface area contributed by atoms with Gasteiger partial charge in [0.2, 0.25) is 5.91 Å². The van der Waals surface area contributed by atoms with Crippen LogP contribution in [0.3, 0.4) is 0 Å². The van der Waals surface area contributed by atoms with Crippen molar-refractivity contribution >= 4 is 17.7 Å². The molecule has 1 saturated heterocycles. The normalized spacial score (nSPS) is 32.7. The van der Waals surface area contributed by atoms with E-state index in [1.807, 2.05) is 11.8 Å². The Hall–Kier alpha value is -0.180. The maximum atomic E-state index is 11.1. The fraction of sp³-hybridized carbons (Fsp3) is 0.875. The highest BCUT2D eigenvalue weighted by atomic mass is 32.2. The van der Waals surface area contributed by atoms with Crippen LogP contribution >= 0.6 is 11.8 Å². The van der Waals surface area contributed by atoms with Gasteiger partial charge in [0.1, 0.15) is 0 Å². The molecule has 2 nitrogen and oxygen atoms in total. The molecule has 1 aliphatic rings. The summed E-state index contributed by atoms with van der Waals surface area (Å²) in [6.45, 7) is 5.15. The van der Waals surface area contributed by atoms with E-state index in [0.717, 1.165) is 18.7 Å². The van der Waals surface area contributed by atoms with E-state index < -0.39 is 0 Å². The SMILES string of the molecule is CCC1(C)CC(=O)NCCS1. The van der Waals surface area contributed by atoms with Crippen molar-refractivity contribution in [2.75, 3.05) is 12.3 Å². The van der Waals surface area contributed by atoms with Crippen molar-refractivity contribution in [3.05, 3.63) is 0 Å². The Kier molecular flexibility index (Phi) is 2.82. The minimum absolute atomic E-state index is 0.181. The van der Waals surface area contributed by atoms with E-state index in [1.54, 1.807) is 0 Å². The van der Waals surface area contributed by atoms with Gasteiger partial charge in [0, 0.05) is 23.5 Å². The van der Waals surface area contributed by atoms with Gasteiger partial charge in [0.05, 0.1) is 0 Å². The molecule has 11 heavy (non-hydrogen) atoms. The fourth-order valence-electron chi connectivity index (χ4n) is 1.17. The van der Waals surface area contributed by atoms with Crippen molar-refractivity contribution in [3.8, 4) is 0 Å². The van der Waals surface area contributed by atoms with Crippen LogP contribution < -0.4 is 5.32 Å². The maximum absolute atomic E-state index is 11.1. The average molecular weight is 173 g/mol. The Bertz CT molecular complexity index is 160. The second-order valence-corrected chi connectivity index (χ2v) is 4.86. The van der Waals surface area contributed by atoms with Gasteiger partial charge in [-0.2, -0.15) is 11.8 Å². The van der Waals surface area contributed by atoms with Crippen LogP contribution in [0.5, 0.6) is 0 Å². The molecule has 0 spiro atoms. The zero-order valence-corrected chi connectivity index (χ0v) is 7.96. The van der Waals surface area contributed by atoms with Gasteiger partial charge in [-0.25, -0.2) is 0 Å². The lowest BCUT2D eigenvalue weighted by Crippen LogP contribution is -2.28. The van der Waals surface area contributed by atoms with E-state index in [0.29, 0.717) is 6.42 Å². The Morgan fingerprint density at radius 2 is 2.45 bits per heavy atom. The smallest absolute Gasteiger partial charge is 0.221 e. The van der Waals surface area contributed by atoms with Gasteiger partial charge >= 0.3 is 0 Å². The lowest BCUT2D eigenvalue weighted by Gasteiger charge is -2.23. The van der Waals surface area contributed by atoms with Crippen LogP contribution in [-0.4, -0.2) is 23.0 Å². The summed E-state index contributed by atoms with van der Waals surface area (Å²) in [5.74, 6) is 1.26. The van der Waals surface area contributed by atoms with E-state index >= 15 is 0 Å². The largest absolute Gasteiger partial charge is 0.355 e. The molecule has 0 aliphatic carbocycles. The number of carbonyl (C=O) groups excluding carboxylic acids is 1. The summed E-state index contributed by atoms with van der Waals surface area (Å²) in [7, 11) is 0. The summed E-state index contributed by atoms with van der Waals surface area (Å²) in [6.07, 6.45) is 1.75. The standard InChI is InChI=1S/C8H15NOS/c1-3-8(2)6-7(10)9-4-5-11-8/h3-6H2,1-2H3,(H,9,10). The summed E-state index contributed by atoms with van der Waals surface area (Å²) >= 11 is 1.91. The van der Waals surface area contributed by atoms with Gasteiger partial charge in [-0.05, 0) is 13.3 Å². The zero-order valence-electron chi connectivity index (χ0n) is 7.14. The number of hydrogen-bond acceptors (Lipinski definition) is 2. The van der Waals surface area contributed by atoms with Gasteiger partial charge in [-0.1, -0.05) is 6.92 Å². The molecule has 0 aromatic heterocycles. The van der Waals surface area contributed by atoms with E-state index in [2.05, 4.69) is 19.2 Å². The van der Waals surface area contributed by atoms with Crippen LogP contribution in [0.1, 0.15) is 26.7 Å². The minimum atomic E-state index is 0.181. The molecular weight excluding hydrogens is 158 g/mol. The van der Waals surface area contributed by atoms with Gasteiger partial charge in [-0.3, -0.25) is 4.79 Å². The quantitative estimate of drug-likeness (QED) is 0.649. The molecule has 3 heteroatoms. The second kappa shape index (κ2) is 3.48. The van der Waals surface area contributed by atoms with Crippen molar-refractivity contribution in [2.24, 2.45) is 0 Å². The Morgan fingerprint density at radius 1 is 1.73 bits per heavy atom. The highest BCUT2D eigenvalue weighted by Gasteiger charge is 2.27. The molecule has 1 amide bonds. The Balaban J connectivity index is 2.58.